The molecule has 0 atom stereocenters. The summed E-state index contributed by atoms with van der Waals surface area (Å²) in [5.41, 5.74) is 4.65. The van der Waals surface area contributed by atoms with Gasteiger partial charge in [-0.05, 0) is 22.0 Å². The first-order chi connectivity index (χ1) is 6.43. The summed E-state index contributed by atoms with van der Waals surface area (Å²) in [7, 11) is 0. The van der Waals surface area contributed by atoms with Crippen molar-refractivity contribution in [2.24, 2.45) is 5.73 Å². The van der Waals surface area contributed by atoms with Crippen LogP contribution in [-0.4, -0.2) is 6.03 Å². The predicted octanol–water partition coefficient (Wildman–Crippen LogP) is 2.46. The number of carbonyl (C=O) groups excluding carboxylic acids is 1. The number of anilines is 1. The molecule has 0 radical (unpaired) electrons. The van der Waals surface area contributed by atoms with Crippen LogP contribution in [0.25, 0.3) is 0 Å². The standard InChI is InChI=1S/C7H5BrF2N2OS/c8-3-1-6(12(14)7(11)13)5(10)2-4(3)9/h1-2,14H,(H2,11,13). The minimum absolute atomic E-state index is 0.0224. The molecule has 1 rings (SSSR count). The van der Waals surface area contributed by atoms with Crippen molar-refractivity contribution in [1.82, 2.24) is 0 Å². The molecule has 0 heterocycles. The first kappa shape index (κ1) is 11.3. The van der Waals surface area contributed by atoms with Crippen molar-refractivity contribution in [3.05, 3.63) is 28.2 Å². The molecule has 0 bridgehead atoms. The summed E-state index contributed by atoms with van der Waals surface area (Å²) in [5, 5.41) is 0. The minimum atomic E-state index is -0.953. The van der Waals surface area contributed by atoms with Crippen LogP contribution >= 0.6 is 28.7 Å². The number of benzene rings is 1. The molecule has 0 saturated carbocycles. The number of nitrogens with zero attached hydrogens (tertiary/aromatic N) is 1. The maximum absolute atomic E-state index is 13.1. The third-order valence-corrected chi connectivity index (χ3v) is 2.45. The smallest absolute Gasteiger partial charge is 0.329 e. The van der Waals surface area contributed by atoms with Crippen LogP contribution in [0.1, 0.15) is 0 Å². The van der Waals surface area contributed by atoms with Gasteiger partial charge in [0.05, 0.1) is 10.2 Å². The lowest BCUT2D eigenvalue weighted by Gasteiger charge is -2.13. The van der Waals surface area contributed by atoms with Crippen LogP contribution in [0.4, 0.5) is 19.3 Å². The molecule has 1 aromatic rings. The SMILES string of the molecule is NC(=O)N(S)c1cc(Br)c(F)cc1F. The molecule has 7 heteroatoms. The van der Waals surface area contributed by atoms with Crippen LogP contribution < -0.4 is 10.0 Å². The molecule has 0 aromatic heterocycles. The van der Waals surface area contributed by atoms with Gasteiger partial charge in [0.1, 0.15) is 5.82 Å². The van der Waals surface area contributed by atoms with Crippen molar-refractivity contribution in [3.8, 4) is 0 Å². The number of carbonyl (C=O) groups is 1. The van der Waals surface area contributed by atoms with Gasteiger partial charge in [-0.3, -0.25) is 0 Å². The van der Waals surface area contributed by atoms with Crippen molar-refractivity contribution in [2.75, 3.05) is 4.31 Å². The molecule has 3 nitrogen and oxygen atoms in total. The Morgan fingerprint density at radius 1 is 1.43 bits per heavy atom. The van der Waals surface area contributed by atoms with Gasteiger partial charge in [-0.15, -0.1) is 0 Å². The molecule has 0 saturated heterocycles. The summed E-state index contributed by atoms with van der Waals surface area (Å²) in [6.45, 7) is 0. The molecule has 0 aliphatic heterocycles. The summed E-state index contributed by atoms with van der Waals surface area (Å²) < 4.78 is 26.5. The lowest BCUT2D eigenvalue weighted by molar-refractivity contribution is 0.257. The van der Waals surface area contributed by atoms with Crippen LogP contribution in [-0.2, 0) is 0 Å². The van der Waals surface area contributed by atoms with Crippen molar-refractivity contribution < 1.29 is 13.6 Å². The molecule has 0 aliphatic carbocycles. The van der Waals surface area contributed by atoms with Gasteiger partial charge in [-0.1, -0.05) is 12.8 Å². The molecular weight excluding hydrogens is 278 g/mol. The Balaban J connectivity index is 3.22. The first-order valence-corrected chi connectivity index (χ1v) is 4.55. The number of hydrogen-bond donors (Lipinski definition) is 2. The molecule has 14 heavy (non-hydrogen) atoms. The van der Waals surface area contributed by atoms with Gasteiger partial charge in [0.15, 0.2) is 5.82 Å². The van der Waals surface area contributed by atoms with Crippen molar-refractivity contribution in [2.45, 2.75) is 0 Å². The van der Waals surface area contributed by atoms with Crippen LogP contribution in [0.3, 0.4) is 0 Å². The number of thiol groups is 1. The molecule has 0 fully saturated rings. The molecule has 0 aliphatic rings. The van der Waals surface area contributed by atoms with E-state index in [4.69, 9.17) is 5.73 Å². The van der Waals surface area contributed by atoms with Gasteiger partial charge >= 0.3 is 6.03 Å². The Morgan fingerprint density at radius 3 is 2.50 bits per heavy atom. The first-order valence-electron chi connectivity index (χ1n) is 3.36. The van der Waals surface area contributed by atoms with E-state index in [1.165, 1.54) is 0 Å². The third-order valence-electron chi connectivity index (χ3n) is 1.43. The second-order valence-electron chi connectivity index (χ2n) is 2.37. The normalized spacial score (nSPS) is 10.0. The lowest BCUT2D eigenvalue weighted by Crippen LogP contribution is -2.28. The van der Waals surface area contributed by atoms with Gasteiger partial charge in [-0.2, -0.15) is 0 Å². The zero-order chi connectivity index (χ0) is 10.9. The van der Waals surface area contributed by atoms with Gasteiger partial charge in [0.25, 0.3) is 0 Å². The molecule has 2 amide bonds. The van der Waals surface area contributed by atoms with E-state index >= 15 is 0 Å². The quantitative estimate of drug-likeness (QED) is 0.603. The van der Waals surface area contributed by atoms with E-state index in [-0.39, 0.29) is 10.2 Å². The number of halogens is 3. The molecule has 0 unspecified atom stereocenters. The molecule has 1 aromatic carbocycles. The maximum atomic E-state index is 13.1. The van der Waals surface area contributed by atoms with Crippen molar-refractivity contribution in [1.29, 1.82) is 0 Å². The fourth-order valence-electron chi connectivity index (χ4n) is 0.793. The van der Waals surface area contributed by atoms with Crippen LogP contribution in [0.5, 0.6) is 0 Å². The van der Waals surface area contributed by atoms with Crippen molar-refractivity contribution in [3.63, 3.8) is 0 Å². The van der Waals surface area contributed by atoms with Crippen molar-refractivity contribution >= 4 is 40.5 Å². The molecular formula is C7H5BrF2N2OS. The molecule has 76 valence electrons. The topological polar surface area (TPSA) is 46.3 Å². The van der Waals surface area contributed by atoms with Crippen LogP contribution in [0.15, 0.2) is 16.6 Å². The summed E-state index contributed by atoms with van der Waals surface area (Å²) in [5.74, 6) is -1.68. The Labute approximate surface area is 92.5 Å². The Morgan fingerprint density at radius 2 is 2.00 bits per heavy atom. The monoisotopic (exact) mass is 282 g/mol. The minimum Gasteiger partial charge on any atom is -0.350 e. The van der Waals surface area contributed by atoms with Gasteiger partial charge < -0.3 is 5.73 Å². The predicted molar refractivity (Wildman–Crippen MR) is 55.1 cm³/mol. The Bertz CT molecular complexity index is 388. The highest BCUT2D eigenvalue weighted by Crippen LogP contribution is 2.27. The third kappa shape index (κ3) is 2.16. The fraction of sp³-hybridized carbons (Fsp3) is 0. The highest BCUT2D eigenvalue weighted by molar-refractivity contribution is 9.10. The van der Waals surface area contributed by atoms with E-state index in [1.54, 1.807) is 0 Å². The second-order valence-corrected chi connectivity index (χ2v) is 3.62. The number of hydrogen-bond acceptors (Lipinski definition) is 2. The van der Waals surface area contributed by atoms with E-state index in [2.05, 4.69) is 28.7 Å². The average molecular weight is 283 g/mol. The number of nitrogens with two attached hydrogens (primary N) is 1. The van der Waals surface area contributed by atoms with Gasteiger partial charge in [-0.25, -0.2) is 17.9 Å². The average Bonchev–Trinajstić information content (AvgIpc) is 2.10. The van der Waals surface area contributed by atoms with E-state index in [0.717, 1.165) is 6.07 Å². The van der Waals surface area contributed by atoms with E-state index < -0.39 is 17.7 Å². The molecule has 0 spiro atoms. The number of primary amides is 1. The largest absolute Gasteiger partial charge is 0.350 e. The van der Waals surface area contributed by atoms with Crippen LogP contribution in [0, 0.1) is 11.6 Å². The zero-order valence-electron chi connectivity index (χ0n) is 6.67. The summed E-state index contributed by atoms with van der Waals surface area (Å²) in [4.78, 5) is 10.6. The van der Waals surface area contributed by atoms with E-state index in [1.807, 2.05) is 0 Å². The van der Waals surface area contributed by atoms with Gasteiger partial charge in [0, 0.05) is 6.07 Å². The number of urea groups is 1. The zero-order valence-corrected chi connectivity index (χ0v) is 9.15. The van der Waals surface area contributed by atoms with Crippen LogP contribution in [0.2, 0.25) is 0 Å². The summed E-state index contributed by atoms with van der Waals surface area (Å²) >= 11 is 6.48. The van der Waals surface area contributed by atoms with Gasteiger partial charge in [0.2, 0.25) is 0 Å². The summed E-state index contributed by atoms with van der Waals surface area (Å²) in [6.07, 6.45) is 0. The Kier molecular flexibility index (Phi) is 3.33. The second kappa shape index (κ2) is 4.14. The lowest BCUT2D eigenvalue weighted by atomic mass is 10.3. The highest BCUT2D eigenvalue weighted by Gasteiger charge is 2.15. The fourth-order valence-corrected chi connectivity index (χ4v) is 1.28. The summed E-state index contributed by atoms with van der Waals surface area (Å²) in [6, 6.07) is 0.749. The number of amides is 2. The van der Waals surface area contributed by atoms with E-state index in [9.17, 15) is 13.6 Å². The molecule has 2 N–H and O–H groups in total. The highest BCUT2D eigenvalue weighted by atomic mass is 79.9. The Hall–Kier alpha value is -0.820. The number of rotatable bonds is 1. The maximum Gasteiger partial charge on any atom is 0.329 e. The van der Waals surface area contributed by atoms with E-state index in [0.29, 0.717) is 10.4 Å².